The van der Waals surface area contributed by atoms with Crippen LogP contribution in [0.25, 0.3) is 10.2 Å². The summed E-state index contributed by atoms with van der Waals surface area (Å²) in [5, 5.41) is 0.642. The van der Waals surface area contributed by atoms with Crippen molar-refractivity contribution in [3.05, 3.63) is 83.9 Å². The molecular weight excluding hydrogens is 568 g/mol. The lowest BCUT2D eigenvalue weighted by Gasteiger charge is -2.27. The summed E-state index contributed by atoms with van der Waals surface area (Å²) in [6.45, 7) is 6.65. The van der Waals surface area contributed by atoms with Crippen LogP contribution in [0.1, 0.15) is 22.3 Å². The van der Waals surface area contributed by atoms with Crippen molar-refractivity contribution in [2.75, 3.05) is 55.6 Å². The van der Waals surface area contributed by atoms with Crippen LogP contribution in [0.2, 0.25) is 0 Å². The fraction of sp³-hybridized carbons (Fsp3) is 0.310. The number of thiazole rings is 1. The molecule has 8 nitrogen and oxygen atoms in total. The Labute approximate surface area is 245 Å². The molecule has 1 aromatic heterocycles. The standard InChI is InChI=1S/C29H32N4O4S2.ClH/c1-22-9-14-26-27(21-22)38-29(30-26)33(16-6-15-32-17-19-37-20-18-32)28(34)23-10-12-25(13-11-23)39(35,36)31(2)24-7-4-3-5-8-24;/h3-5,7-14,21H,6,15-20H2,1-2H3;1H. The number of hydrogen-bond donors (Lipinski definition) is 0. The summed E-state index contributed by atoms with van der Waals surface area (Å²) in [7, 11) is -2.25. The van der Waals surface area contributed by atoms with Crippen LogP contribution < -0.4 is 9.21 Å². The average Bonchev–Trinajstić information content (AvgIpc) is 3.38. The highest BCUT2D eigenvalue weighted by molar-refractivity contribution is 7.92. The van der Waals surface area contributed by atoms with Crippen molar-refractivity contribution in [1.82, 2.24) is 9.88 Å². The van der Waals surface area contributed by atoms with E-state index >= 15 is 0 Å². The Morgan fingerprint density at radius 1 is 1.02 bits per heavy atom. The van der Waals surface area contributed by atoms with E-state index in [2.05, 4.69) is 11.0 Å². The summed E-state index contributed by atoms with van der Waals surface area (Å²) in [5.41, 5.74) is 2.98. The van der Waals surface area contributed by atoms with E-state index in [1.54, 1.807) is 41.3 Å². The Morgan fingerprint density at radius 3 is 2.42 bits per heavy atom. The molecule has 11 heteroatoms. The molecule has 1 saturated heterocycles. The molecule has 2 heterocycles. The second-order valence-electron chi connectivity index (χ2n) is 9.56. The predicted octanol–water partition coefficient (Wildman–Crippen LogP) is 5.22. The number of halogens is 1. The first kappa shape index (κ1) is 30.0. The number of ether oxygens (including phenoxy) is 1. The highest BCUT2D eigenvalue weighted by Gasteiger charge is 2.25. The van der Waals surface area contributed by atoms with Crippen molar-refractivity contribution in [3.63, 3.8) is 0 Å². The first-order valence-corrected chi connectivity index (χ1v) is 15.2. The van der Waals surface area contributed by atoms with Gasteiger partial charge in [-0.2, -0.15) is 0 Å². The number of benzene rings is 3. The maximum atomic E-state index is 13.8. The van der Waals surface area contributed by atoms with Crippen molar-refractivity contribution in [2.45, 2.75) is 18.2 Å². The molecule has 1 fully saturated rings. The molecule has 3 aromatic carbocycles. The minimum atomic E-state index is -3.77. The number of fused-ring (bicyclic) bond motifs is 1. The van der Waals surface area contributed by atoms with Crippen LogP contribution in [0.3, 0.4) is 0 Å². The van der Waals surface area contributed by atoms with E-state index in [9.17, 15) is 13.2 Å². The molecule has 0 atom stereocenters. The van der Waals surface area contributed by atoms with E-state index < -0.39 is 10.0 Å². The summed E-state index contributed by atoms with van der Waals surface area (Å²) in [4.78, 5) is 22.7. The summed E-state index contributed by atoms with van der Waals surface area (Å²) >= 11 is 1.50. The highest BCUT2D eigenvalue weighted by atomic mass is 35.5. The minimum Gasteiger partial charge on any atom is -0.379 e. The van der Waals surface area contributed by atoms with Crippen LogP contribution in [-0.2, 0) is 14.8 Å². The van der Waals surface area contributed by atoms with E-state index in [0.717, 1.165) is 55.0 Å². The van der Waals surface area contributed by atoms with Gasteiger partial charge in [0.15, 0.2) is 5.13 Å². The van der Waals surface area contributed by atoms with Crippen LogP contribution in [0.4, 0.5) is 10.8 Å². The SMILES string of the molecule is Cc1ccc2nc(N(CCCN3CCOCC3)C(=O)c3ccc(S(=O)(=O)N(C)c4ccccc4)cc3)sc2c1.Cl. The number of nitrogens with zero attached hydrogens (tertiary/aromatic N) is 4. The number of rotatable bonds is 9. The number of sulfonamides is 1. The molecule has 1 aliphatic rings. The topological polar surface area (TPSA) is 83.0 Å². The Morgan fingerprint density at radius 2 is 1.73 bits per heavy atom. The van der Waals surface area contributed by atoms with Gasteiger partial charge in [-0.25, -0.2) is 13.4 Å². The van der Waals surface area contributed by atoms with Gasteiger partial charge < -0.3 is 4.74 Å². The van der Waals surface area contributed by atoms with E-state index in [1.165, 1.54) is 34.8 Å². The third-order valence-electron chi connectivity index (χ3n) is 6.85. The molecule has 0 aliphatic carbocycles. The lowest BCUT2D eigenvalue weighted by molar-refractivity contribution is 0.0376. The number of anilines is 2. The fourth-order valence-corrected chi connectivity index (χ4v) is 6.84. The predicted molar refractivity (Wildman–Crippen MR) is 164 cm³/mol. The Bertz CT molecular complexity index is 1540. The van der Waals surface area contributed by atoms with Crippen molar-refractivity contribution >= 4 is 60.7 Å². The van der Waals surface area contributed by atoms with Crippen molar-refractivity contribution in [3.8, 4) is 0 Å². The van der Waals surface area contributed by atoms with Gasteiger partial charge in [0.25, 0.3) is 15.9 Å². The van der Waals surface area contributed by atoms with Gasteiger partial charge in [0.1, 0.15) is 0 Å². The molecule has 0 saturated carbocycles. The van der Waals surface area contributed by atoms with E-state index in [-0.39, 0.29) is 23.2 Å². The molecule has 5 rings (SSSR count). The molecular formula is C29H33ClN4O4S2. The normalized spacial score (nSPS) is 14.1. The largest absolute Gasteiger partial charge is 0.379 e. The van der Waals surface area contributed by atoms with Gasteiger partial charge >= 0.3 is 0 Å². The molecule has 1 aliphatic heterocycles. The number of para-hydroxylation sites is 1. The van der Waals surface area contributed by atoms with Gasteiger partial charge in [0.05, 0.1) is 34.0 Å². The molecule has 1 amide bonds. The Hall–Kier alpha value is -3.02. The highest BCUT2D eigenvalue weighted by Crippen LogP contribution is 2.31. The number of amides is 1. The Kier molecular flexibility index (Phi) is 9.81. The van der Waals surface area contributed by atoms with E-state index in [1.807, 2.05) is 25.1 Å². The van der Waals surface area contributed by atoms with Crippen LogP contribution in [-0.4, -0.2) is 70.6 Å². The zero-order valence-corrected chi connectivity index (χ0v) is 25.0. The van der Waals surface area contributed by atoms with Gasteiger partial charge in [0.2, 0.25) is 0 Å². The lowest BCUT2D eigenvalue weighted by Crippen LogP contribution is -2.39. The number of aromatic nitrogens is 1. The maximum absolute atomic E-state index is 13.8. The second kappa shape index (κ2) is 13.1. The Balaban J connectivity index is 0.00000370. The van der Waals surface area contributed by atoms with Gasteiger partial charge in [-0.05, 0) is 67.4 Å². The maximum Gasteiger partial charge on any atom is 0.264 e. The van der Waals surface area contributed by atoms with Crippen LogP contribution in [0, 0.1) is 6.92 Å². The van der Waals surface area contributed by atoms with Gasteiger partial charge in [-0.3, -0.25) is 18.9 Å². The smallest absolute Gasteiger partial charge is 0.264 e. The third-order valence-corrected chi connectivity index (χ3v) is 9.69. The van der Waals surface area contributed by atoms with Crippen LogP contribution in [0.15, 0.2) is 77.7 Å². The first-order chi connectivity index (χ1) is 18.8. The quantitative estimate of drug-likeness (QED) is 0.262. The van der Waals surface area contributed by atoms with Gasteiger partial charge in [0, 0.05) is 38.8 Å². The van der Waals surface area contributed by atoms with E-state index in [0.29, 0.717) is 22.9 Å². The number of aryl methyl sites for hydroxylation is 1. The zero-order valence-electron chi connectivity index (χ0n) is 22.5. The summed E-state index contributed by atoms with van der Waals surface area (Å²) in [6.07, 6.45) is 0.787. The lowest BCUT2D eigenvalue weighted by atomic mass is 10.2. The molecule has 40 heavy (non-hydrogen) atoms. The molecule has 0 bridgehead atoms. The number of morpholine rings is 1. The summed E-state index contributed by atoms with van der Waals surface area (Å²) < 4.78 is 34.1. The zero-order chi connectivity index (χ0) is 27.4. The van der Waals surface area contributed by atoms with Gasteiger partial charge in [-0.15, -0.1) is 12.4 Å². The molecule has 212 valence electrons. The summed E-state index contributed by atoms with van der Waals surface area (Å²) in [5.74, 6) is -0.201. The van der Waals surface area contributed by atoms with E-state index in [4.69, 9.17) is 9.72 Å². The molecule has 0 unspecified atom stereocenters. The van der Waals surface area contributed by atoms with Crippen molar-refractivity contribution in [1.29, 1.82) is 0 Å². The number of hydrogen-bond acceptors (Lipinski definition) is 7. The molecule has 0 radical (unpaired) electrons. The van der Waals surface area contributed by atoms with Crippen molar-refractivity contribution < 1.29 is 17.9 Å². The first-order valence-electron chi connectivity index (χ1n) is 13.0. The number of carbonyl (C=O) groups excluding carboxylic acids is 1. The number of carbonyl (C=O) groups is 1. The third kappa shape index (κ3) is 6.64. The average molecular weight is 601 g/mol. The van der Waals surface area contributed by atoms with Crippen LogP contribution in [0.5, 0.6) is 0 Å². The fourth-order valence-electron chi connectivity index (χ4n) is 4.56. The molecule has 0 N–H and O–H groups in total. The minimum absolute atomic E-state index is 0. The second-order valence-corrected chi connectivity index (χ2v) is 12.5. The summed E-state index contributed by atoms with van der Waals surface area (Å²) in [6, 6.07) is 21.1. The monoisotopic (exact) mass is 600 g/mol. The molecule has 4 aromatic rings. The van der Waals surface area contributed by atoms with Crippen molar-refractivity contribution in [2.24, 2.45) is 0 Å². The van der Waals surface area contributed by atoms with Crippen LogP contribution >= 0.6 is 23.7 Å². The van der Waals surface area contributed by atoms with Gasteiger partial charge in [-0.1, -0.05) is 35.6 Å². The molecule has 0 spiro atoms.